The van der Waals surface area contributed by atoms with Crippen LogP contribution in [0.3, 0.4) is 0 Å². The first-order chi connectivity index (χ1) is 13.8. The zero-order chi connectivity index (χ0) is 20.2. The molecule has 5 nitrogen and oxygen atoms in total. The Labute approximate surface area is 173 Å². The number of carbonyl (C=O) groups excluding carboxylic acids is 2. The predicted molar refractivity (Wildman–Crippen MR) is 112 cm³/mol. The Morgan fingerprint density at radius 2 is 1.72 bits per heavy atom. The van der Waals surface area contributed by atoms with Gasteiger partial charge in [0.2, 0.25) is 5.91 Å². The first kappa shape index (κ1) is 19.1. The van der Waals surface area contributed by atoms with E-state index >= 15 is 0 Å². The minimum absolute atomic E-state index is 0.00389. The van der Waals surface area contributed by atoms with Crippen molar-refractivity contribution in [3.05, 3.63) is 29.8 Å². The van der Waals surface area contributed by atoms with Crippen LogP contribution in [0.2, 0.25) is 0 Å². The summed E-state index contributed by atoms with van der Waals surface area (Å²) in [6.07, 6.45) is 7.12. The highest BCUT2D eigenvalue weighted by atomic mass is 16.5. The second-order valence-corrected chi connectivity index (χ2v) is 10.6. The quantitative estimate of drug-likeness (QED) is 0.837. The fraction of sp³-hybridized carbons (Fsp3) is 0.667. The maximum absolute atomic E-state index is 13.3. The lowest BCUT2D eigenvalue weighted by Crippen LogP contribution is -2.55. The van der Waals surface area contributed by atoms with E-state index in [1.807, 2.05) is 43.0 Å². The van der Waals surface area contributed by atoms with Gasteiger partial charge in [-0.3, -0.25) is 9.59 Å². The first-order valence-corrected chi connectivity index (χ1v) is 11.2. The molecule has 4 aliphatic carbocycles. The smallest absolute Gasteiger partial charge is 0.254 e. The van der Waals surface area contributed by atoms with Gasteiger partial charge in [0.05, 0.1) is 24.2 Å². The van der Waals surface area contributed by atoms with Gasteiger partial charge in [-0.05, 0) is 88.3 Å². The topological polar surface area (TPSA) is 58.6 Å². The average molecular weight is 397 g/mol. The first-order valence-electron chi connectivity index (χ1n) is 11.2. The molecular formula is C24H32N2O3. The summed E-state index contributed by atoms with van der Waals surface area (Å²) in [5.41, 5.74) is 0.861. The van der Waals surface area contributed by atoms with Crippen LogP contribution in [0, 0.1) is 23.2 Å². The number of morpholine rings is 1. The second-order valence-electron chi connectivity index (χ2n) is 10.6. The molecule has 2 amide bonds. The van der Waals surface area contributed by atoms with Crippen LogP contribution in [0.4, 0.5) is 5.69 Å². The maximum Gasteiger partial charge on any atom is 0.254 e. The van der Waals surface area contributed by atoms with Crippen molar-refractivity contribution < 1.29 is 14.3 Å². The third-order valence-electron chi connectivity index (χ3n) is 7.78. The van der Waals surface area contributed by atoms with Gasteiger partial charge in [-0.1, -0.05) is 6.07 Å². The van der Waals surface area contributed by atoms with E-state index in [0.29, 0.717) is 25.3 Å². The molecule has 1 heterocycles. The number of hydrogen-bond acceptors (Lipinski definition) is 3. The summed E-state index contributed by atoms with van der Waals surface area (Å²) >= 11 is 0. The van der Waals surface area contributed by atoms with E-state index in [4.69, 9.17) is 4.74 Å². The van der Waals surface area contributed by atoms with Gasteiger partial charge in [-0.2, -0.15) is 0 Å². The molecular weight excluding hydrogens is 364 g/mol. The predicted octanol–water partition coefficient (Wildman–Crippen LogP) is 4.09. The van der Waals surface area contributed by atoms with Crippen LogP contribution in [-0.2, 0) is 9.53 Å². The van der Waals surface area contributed by atoms with E-state index < -0.39 is 0 Å². The van der Waals surface area contributed by atoms with Crippen molar-refractivity contribution in [2.75, 3.05) is 25.1 Å². The largest absolute Gasteiger partial charge is 0.377 e. The van der Waals surface area contributed by atoms with Crippen LogP contribution < -0.4 is 5.32 Å². The third kappa shape index (κ3) is 3.37. The van der Waals surface area contributed by atoms with Crippen LogP contribution in [0.5, 0.6) is 0 Å². The number of benzene rings is 1. The molecule has 6 rings (SSSR count). The minimum Gasteiger partial charge on any atom is -0.377 e. The highest BCUT2D eigenvalue weighted by molar-refractivity contribution is 5.99. The molecule has 0 spiro atoms. The Morgan fingerprint density at radius 3 is 2.34 bits per heavy atom. The van der Waals surface area contributed by atoms with Crippen LogP contribution in [-0.4, -0.2) is 42.0 Å². The Morgan fingerprint density at radius 1 is 1.07 bits per heavy atom. The number of amides is 2. The van der Waals surface area contributed by atoms with Crippen molar-refractivity contribution in [1.82, 2.24) is 4.90 Å². The van der Waals surface area contributed by atoms with E-state index in [1.54, 1.807) is 0 Å². The van der Waals surface area contributed by atoms with Gasteiger partial charge < -0.3 is 15.0 Å². The molecule has 4 saturated carbocycles. The molecule has 1 saturated heterocycles. The number of anilines is 1. The van der Waals surface area contributed by atoms with Crippen LogP contribution in [0.25, 0.3) is 0 Å². The van der Waals surface area contributed by atoms with Crippen LogP contribution >= 0.6 is 0 Å². The number of nitrogens with zero attached hydrogens (tertiary/aromatic N) is 1. The van der Waals surface area contributed by atoms with Gasteiger partial charge >= 0.3 is 0 Å². The van der Waals surface area contributed by atoms with Gasteiger partial charge in [0.15, 0.2) is 0 Å². The Balaban J connectivity index is 1.33. The van der Waals surface area contributed by atoms with Crippen molar-refractivity contribution in [2.45, 2.75) is 57.9 Å². The summed E-state index contributed by atoms with van der Waals surface area (Å²) in [4.78, 5) is 28.3. The summed E-state index contributed by atoms with van der Waals surface area (Å²) in [5.74, 6) is 2.40. The molecule has 0 aromatic heterocycles. The molecule has 1 aromatic rings. The SMILES string of the molecule is CC1(C)COCCN1C(=O)c1cccc(NC(=O)C23CC4CC(CC(C4)C2)C3)c1. The maximum atomic E-state index is 13.3. The van der Waals surface area contributed by atoms with Crippen molar-refractivity contribution in [1.29, 1.82) is 0 Å². The summed E-state index contributed by atoms with van der Waals surface area (Å²) in [7, 11) is 0. The highest BCUT2D eigenvalue weighted by Gasteiger charge is 2.54. The van der Waals surface area contributed by atoms with E-state index in [0.717, 1.165) is 42.7 Å². The van der Waals surface area contributed by atoms with Gasteiger partial charge in [-0.25, -0.2) is 0 Å². The zero-order valence-electron chi connectivity index (χ0n) is 17.6. The van der Waals surface area contributed by atoms with Crippen molar-refractivity contribution in [3.63, 3.8) is 0 Å². The molecule has 4 bridgehead atoms. The molecule has 0 atom stereocenters. The Kier molecular flexibility index (Phi) is 4.50. The van der Waals surface area contributed by atoms with Crippen molar-refractivity contribution >= 4 is 17.5 Å². The molecule has 0 unspecified atom stereocenters. The number of carbonyl (C=O) groups is 2. The summed E-state index contributed by atoms with van der Waals surface area (Å²) in [6, 6.07) is 7.45. The number of nitrogens with one attached hydrogen (secondary N) is 1. The minimum atomic E-state index is -0.326. The van der Waals surface area contributed by atoms with Gasteiger partial charge in [0.25, 0.3) is 5.91 Å². The van der Waals surface area contributed by atoms with Crippen molar-refractivity contribution in [2.24, 2.45) is 23.2 Å². The number of rotatable bonds is 3. The fourth-order valence-electron chi connectivity index (χ4n) is 6.77. The second kappa shape index (κ2) is 6.83. The van der Waals surface area contributed by atoms with E-state index in [2.05, 4.69) is 5.32 Å². The molecule has 1 aliphatic heterocycles. The molecule has 5 aliphatic rings. The van der Waals surface area contributed by atoms with E-state index in [1.165, 1.54) is 19.3 Å². The fourth-order valence-corrected chi connectivity index (χ4v) is 6.77. The number of hydrogen-bond donors (Lipinski definition) is 1. The monoisotopic (exact) mass is 396 g/mol. The molecule has 0 radical (unpaired) electrons. The zero-order valence-corrected chi connectivity index (χ0v) is 17.6. The number of ether oxygens (including phenoxy) is 1. The molecule has 5 fully saturated rings. The molecule has 1 aromatic carbocycles. The lowest BCUT2D eigenvalue weighted by molar-refractivity contribution is -0.140. The van der Waals surface area contributed by atoms with E-state index in [-0.39, 0.29) is 22.8 Å². The lowest BCUT2D eigenvalue weighted by Gasteiger charge is -2.55. The van der Waals surface area contributed by atoms with E-state index in [9.17, 15) is 9.59 Å². The molecule has 156 valence electrons. The van der Waals surface area contributed by atoms with Gasteiger partial charge in [-0.15, -0.1) is 0 Å². The van der Waals surface area contributed by atoms with Crippen LogP contribution in [0.15, 0.2) is 24.3 Å². The Bertz CT molecular complexity index is 796. The standard InChI is InChI=1S/C24H32N2O3/c1-23(2)15-29-7-6-26(23)21(27)19-4-3-5-20(11-19)25-22(28)24-12-16-8-17(13-24)10-18(9-16)14-24/h3-5,11,16-18H,6-10,12-15H2,1-2H3,(H,25,28). The summed E-state index contributed by atoms with van der Waals surface area (Å²) in [6.45, 7) is 5.76. The average Bonchev–Trinajstić information content (AvgIpc) is 2.66. The van der Waals surface area contributed by atoms with Crippen LogP contribution in [0.1, 0.15) is 62.7 Å². The van der Waals surface area contributed by atoms with Gasteiger partial charge in [0, 0.05) is 17.8 Å². The summed E-state index contributed by atoms with van der Waals surface area (Å²) < 4.78 is 5.54. The lowest BCUT2D eigenvalue weighted by atomic mass is 9.49. The van der Waals surface area contributed by atoms with Crippen molar-refractivity contribution in [3.8, 4) is 0 Å². The Hall–Kier alpha value is -1.88. The normalized spacial score (nSPS) is 34.8. The third-order valence-corrected chi connectivity index (χ3v) is 7.78. The molecule has 29 heavy (non-hydrogen) atoms. The molecule has 1 N–H and O–H groups in total. The van der Waals surface area contributed by atoms with Gasteiger partial charge in [0.1, 0.15) is 0 Å². The summed E-state index contributed by atoms with van der Waals surface area (Å²) in [5, 5.41) is 3.18. The molecule has 5 heteroatoms. The highest BCUT2D eigenvalue weighted by Crippen LogP contribution is 2.60.